The molecule has 2 bridgehead atoms. The molecule has 0 aromatic heterocycles. The van der Waals surface area contributed by atoms with E-state index in [0.717, 1.165) is 29.5 Å². The van der Waals surface area contributed by atoms with Crippen LogP contribution in [-0.2, 0) is 16.0 Å². The van der Waals surface area contributed by atoms with Crippen molar-refractivity contribution in [3.8, 4) is 17.2 Å². The van der Waals surface area contributed by atoms with E-state index >= 15 is 0 Å². The number of carbonyl (C=O) groups excluding carboxylic acids is 1. The molecule has 2 heterocycles. The zero-order valence-electron chi connectivity index (χ0n) is 14.7. The fourth-order valence-corrected chi connectivity index (χ4v) is 4.08. The summed E-state index contributed by atoms with van der Waals surface area (Å²) >= 11 is 0. The Morgan fingerprint density at radius 2 is 1.77 bits per heavy atom. The van der Waals surface area contributed by atoms with Crippen molar-refractivity contribution in [3.63, 3.8) is 0 Å². The van der Waals surface area contributed by atoms with E-state index in [2.05, 4.69) is 11.4 Å². The molecule has 0 amide bonds. The molecule has 2 aromatic rings. The van der Waals surface area contributed by atoms with Gasteiger partial charge in [-0.2, -0.15) is 5.26 Å². The number of carbonyl (C=O) groups is 1. The standard InChI is InChI=1S/C22H22N2O2/c23-12-17-3-1-2-4-21(17)16-7-5-15(6-8-16)9-22(25)18-10-19-13-26-14-20(11-18)24-19/h1-8,18-20,24H,9-11,13-14H2. The van der Waals surface area contributed by atoms with E-state index in [0.29, 0.717) is 43.1 Å². The normalized spacial score (nSPS) is 24.7. The second kappa shape index (κ2) is 7.41. The third-order valence-corrected chi connectivity index (χ3v) is 5.39. The van der Waals surface area contributed by atoms with Gasteiger partial charge in [-0.05, 0) is 35.6 Å². The number of morpholine rings is 1. The lowest BCUT2D eigenvalue weighted by atomic mass is 9.82. The number of piperidine rings is 1. The molecule has 1 N–H and O–H groups in total. The molecule has 0 aliphatic carbocycles. The first-order valence-electron chi connectivity index (χ1n) is 9.18. The molecule has 4 rings (SSSR count). The number of benzene rings is 2. The lowest BCUT2D eigenvalue weighted by Crippen LogP contribution is -2.55. The zero-order valence-corrected chi connectivity index (χ0v) is 14.7. The van der Waals surface area contributed by atoms with Gasteiger partial charge < -0.3 is 10.1 Å². The Balaban J connectivity index is 1.44. The van der Waals surface area contributed by atoms with E-state index in [1.54, 1.807) is 0 Å². The molecule has 2 aliphatic rings. The number of nitrogens with zero attached hydrogens (tertiary/aromatic N) is 1. The lowest BCUT2D eigenvalue weighted by molar-refractivity contribution is -0.125. The van der Waals surface area contributed by atoms with Crippen molar-refractivity contribution >= 4 is 5.78 Å². The topological polar surface area (TPSA) is 62.1 Å². The number of nitrogens with one attached hydrogen (secondary N) is 1. The summed E-state index contributed by atoms with van der Waals surface area (Å²) in [5.74, 6) is 0.461. The average Bonchev–Trinajstić information content (AvgIpc) is 2.68. The maximum atomic E-state index is 12.7. The summed E-state index contributed by atoms with van der Waals surface area (Å²) in [7, 11) is 0. The van der Waals surface area contributed by atoms with E-state index in [1.165, 1.54) is 0 Å². The van der Waals surface area contributed by atoms with Gasteiger partial charge in [0.1, 0.15) is 5.78 Å². The summed E-state index contributed by atoms with van der Waals surface area (Å²) in [5, 5.41) is 12.8. The zero-order chi connectivity index (χ0) is 17.9. The minimum absolute atomic E-state index is 0.133. The fourth-order valence-electron chi connectivity index (χ4n) is 4.08. The van der Waals surface area contributed by atoms with E-state index in [9.17, 15) is 10.1 Å². The van der Waals surface area contributed by atoms with Gasteiger partial charge in [0.25, 0.3) is 0 Å². The molecule has 0 radical (unpaired) electrons. The van der Waals surface area contributed by atoms with Crippen molar-refractivity contribution in [2.24, 2.45) is 5.92 Å². The third-order valence-electron chi connectivity index (χ3n) is 5.39. The predicted octanol–water partition coefficient (Wildman–Crippen LogP) is 3.10. The van der Waals surface area contributed by atoms with Gasteiger partial charge in [-0.25, -0.2) is 0 Å². The van der Waals surface area contributed by atoms with Crippen molar-refractivity contribution < 1.29 is 9.53 Å². The number of hydrogen-bond acceptors (Lipinski definition) is 4. The van der Waals surface area contributed by atoms with Gasteiger partial charge in [-0.3, -0.25) is 4.79 Å². The largest absolute Gasteiger partial charge is 0.378 e. The van der Waals surface area contributed by atoms with E-state index < -0.39 is 0 Å². The molecule has 2 fully saturated rings. The summed E-state index contributed by atoms with van der Waals surface area (Å²) in [6.07, 6.45) is 2.23. The van der Waals surface area contributed by atoms with Crippen LogP contribution in [0.5, 0.6) is 0 Å². The van der Waals surface area contributed by atoms with Gasteiger partial charge in [0.05, 0.1) is 24.8 Å². The van der Waals surface area contributed by atoms with Gasteiger partial charge in [0, 0.05) is 24.4 Å². The van der Waals surface area contributed by atoms with Crippen molar-refractivity contribution in [1.29, 1.82) is 5.26 Å². The fraction of sp³-hybridized carbons (Fsp3) is 0.364. The molecule has 2 atom stereocenters. The molecule has 2 aliphatic heterocycles. The highest BCUT2D eigenvalue weighted by molar-refractivity contribution is 5.83. The Kier molecular flexibility index (Phi) is 4.83. The molecule has 4 nitrogen and oxygen atoms in total. The Morgan fingerprint density at radius 3 is 2.46 bits per heavy atom. The number of ether oxygens (including phenoxy) is 1. The Hall–Kier alpha value is -2.48. The highest BCUT2D eigenvalue weighted by Gasteiger charge is 2.34. The molecular formula is C22H22N2O2. The number of Topliss-reactive ketones (excluding diaryl/α,β-unsaturated/α-hetero) is 1. The minimum Gasteiger partial charge on any atom is -0.378 e. The third kappa shape index (κ3) is 3.55. The Labute approximate surface area is 153 Å². The van der Waals surface area contributed by atoms with Crippen molar-refractivity contribution in [3.05, 3.63) is 59.7 Å². The van der Waals surface area contributed by atoms with Crippen LogP contribution in [0.1, 0.15) is 24.0 Å². The van der Waals surface area contributed by atoms with E-state index in [4.69, 9.17) is 4.74 Å². The maximum Gasteiger partial charge on any atom is 0.140 e. The quantitative estimate of drug-likeness (QED) is 0.924. The van der Waals surface area contributed by atoms with Gasteiger partial charge in [0.15, 0.2) is 0 Å². The molecule has 0 spiro atoms. The van der Waals surface area contributed by atoms with Crippen LogP contribution in [0, 0.1) is 17.2 Å². The van der Waals surface area contributed by atoms with Gasteiger partial charge in [-0.1, -0.05) is 42.5 Å². The smallest absolute Gasteiger partial charge is 0.140 e. The number of hydrogen-bond donors (Lipinski definition) is 1. The van der Waals surface area contributed by atoms with Crippen LogP contribution in [0.3, 0.4) is 0 Å². The molecule has 0 saturated carbocycles. The van der Waals surface area contributed by atoms with Crippen LogP contribution >= 0.6 is 0 Å². The molecule has 26 heavy (non-hydrogen) atoms. The molecule has 132 valence electrons. The van der Waals surface area contributed by atoms with Crippen molar-refractivity contribution in [2.75, 3.05) is 13.2 Å². The second-order valence-corrected chi connectivity index (χ2v) is 7.26. The molecule has 4 heteroatoms. The summed E-state index contributed by atoms with van der Waals surface area (Å²) in [6.45, 7) is 1.43. The SMILES string of the molecule is N#Cc1ccccc1-c1ccc(CC(=O)C2CC3COCC(C2)N3)cc1. The van der Waals surface area contributed by atoms with Crippen LogP contribution in [-0.4, -0.2) is 31.1 Å². The van der Waals surface area contributed by atoms with Crippen molar-refractivity contribution in [2.45, 2.75) is 31.3 Å². The Morgan fingerprint density at radius 1 is 1.08 bits per heavy atom. The first kappa shape index (κ1) is 17.0. The van der Waals surface area contributed by atoms with Crippen LogP contribution < -0.4 is 5.32 Å². The van der Waals surface area contributed by atoms with Gasteiger partial charge in [-0.15, -0.1) is 0 Å². The highest BCUT2D eigenvalue weighted by Crippen LogP contribution is 2.27. The second-order valence-electron chi connectivity index (χ2n) is 7.26. The Bertz CT molecular complexity index is 826. The summed E-state index contributed by atoms with van der Waals surface area (Å²) in [6, 6.07) is 18.5. The van der Waals surface area contributed by atoms with Crippen LogP contribution in [0.25, 0.3) is 11.1 Å². The number of ketones is 1. The first-order valence-corrected chi connectivity index (χ1v) is 9.18. The lowest BCUT2D eigenvalue weighted by Gasteiger charge is -2.39. The van der Waals surface area contributed by atoms with Crippen LogP contribution in [0.4, 0.5) is 0 Å². The number of nitriles is 1. The first-order chi connectivity index (χ1) is 12.7. The predicted molar refractivity (Wildman–Crippen MR) is 99.6 cm³/mol. The summed E-state index contributed by atoms with van der Waals surface area (Å²) in [4.78, 5) is 12.7. The highest BCUT2D eigenvalue weighted by atomic mass is 16.5. The summed E-state index contributed by atoms with van der Waals surface area (Å²) < 4.78 is 5.56. The maximum absolute atomic E-state index is 12.7. The summed E-state index contributed by atoms with van der Waals surface area (Å²) in [5.41, 5.74) is 3.64. The van der Waals surface area contributed by atoms with Crippen molar-refractivity contribution in [1.82, 2.24) is 5.32 Å². The van der Waals surface area contributed by atoms with Crippen LogP contribution in [0.15, 0.2) is 48.5 Å². The molecule has 2 saturated heterocycles. The molecule has 2 unspecified atom stereocenters. The van der Waals surface area contributed by atoms with E-state index in [-0.39, 0.29) is 5.92 Å². The molecular weight excluding hydrogens is 324 g/mol. The van der Waals surface area contributed by atoms with Gasteiger partial charge >= 0.3 is 0 Å². The van der Waals surface area contributed by atoms with E-state index in [1.807, 2.05) is 48.5 Å². The average molecular weight is 346 g/mol. The van der Waals surface area contributed by atoms with Gasteiger partial charge in [0.2, 0.25) is 0 Å². The molecule has 2 aromatic carbocycles. The van der Waals surface area contributed by atoms with Crippen LogP contribution in [0.2, 0.25) is 0 Å². The number of fused-ring (bicyclic) bond motifs is 2. The monoisotopic (exact) mass is 346 g/mol. The number of rotatable bonds is 4. The minimum atomic E-state index is 0.133.